The quantitative estimate of drug-likeness (QED) is 0.482. The smallest absolute Gasteiger partial charge is 0.339 e. The van der Waals surface area contributed by atoms with Gasteiger partial charge in [0, 0.05) is 36.2 Å². The SMILES string of the molecule is CC(=O)O[C@H]1C[C@@H](O)C(C)(C)[C@@H]2CC(=O)[C@]3(C)[C@H](CC[C@@]4(C)[C@H](c5ccoc5)OC(=O)[C@H]5O[C@]543)[C@@]12C. The Morgan fingerprint density at radius 1 is 1.11 bits per heavy atom. The predicted molar refractivity (Wildman–Crippen MR) is 125 cm³/mol. The summed E-state index contributed by atoms with van der Waals surface area (Å²) in [6.07, 6.45) is 2.39. The Hall–Kier alpha value is -2.19. The summed E-state index contributed by atoms with van der Waals surface area (Å²) >= 11 is 0. The van der Waals surface area contributed by atoms with Crippen LogP contribution in [0.15, 0.2) is 23.0 Å². The van der Waals surface area contributed by atoms with Gasteiger partial charge in [0.1, 0.15) is 23.6 Å². The molecule has 1 aromatic heterocycles. The van der Waals surface area contributed by atoms with Crippen molar-refractivity contribution in [3.63, 3.8) is 0 Å². The molecule has 8 nitrogen and oxygen atoms in total. The molecule has 8 heteroatoms. The van der Waals surface area contributed by atoms with E-state index in [1.165, 1.54) is 6.92 Å². The zero-order valence-electron chi connectivity index (χ0n) is 21.8. The number of fused-ring (bicyclic) bond motifs is 3. The number of Topliss-reactive ketones (excluding diaryl/α,β-unsaturated/α-hetero) is 1. The van der Waals surface area contributed by atoms with Crippen LogP contribution in [-0.2, 0) is 28.6 Å². The van der Waals surface area contributed by atoms with Crippen molar-refractivity contribution in [1.82, 2.24) is 0 Å². The fourth-order valence-electron chi connectivity index (χ4n) is 9.54. The van der Waals surface area contributed by atoms with Crippen molar-refractivity contribution in [2.75, 3.05) is 0 Å². The van der Waals surface area contributed by atoms with Gasteiger partial charge in [0.15, 0.2) is 6.10 Å². The van der Waals surface area contributed by atoms with Crippen molar-refractivity contribution >= 4 is 17.7 Å². The second kappa shape index (κ2) is 7.01. The van der Waals surface area contributed by atoms with Crippen LogP contribution in [0.4, 0.5) is 0 Å². The molecule has 0 radical (unpaired) electrons. The number of ketones is 1. The molecule has 6 rings (SSSR count). The molecule has 3 aliphatic carbocycles. The van der Waals surface area contributed by atoms with Crippen molar-refractivity contribution in [1.29, 1.82) is 0 Å². The van der Waals surface area contributed by atoms with E-state index in [-0.39, 0.29) is 24.0 Å². The lowest BCUT2D eigenvalue weighted by Gasteiger charge is -2.69. The van der Waals surface area contributed by atoms with Gasteiger partial charge < -0.3 is 23.7 Å². The molecule has 2 saturated heterocycles. The molecule has 1 spiro atoms. The number of rotatable bonds is 2. The largest absolute Gasteiger partial charge is 0.472 e. The summed E-state index contributed by atoms with van der Waals surface area (Å²) in [4.78, 5) is 39.7. The van der Waals surface area contributed by atoms with E-state index in [4.69, 9.17) is 18.6 Å². The van der Waals surface area contributed by atoms with Crippen molar-refractivity contribution < 1.29 is 38.1 Å². The van der Waals surface area contributed by atoms with Gasteiger partial charge in [-0.25, -0.2) is 4.79 Å². The minimum Gasteiger partial charge on any atom is -0.472 e. The maximum Gasteiger partial charge on any atom is 0.339 e. The molecule has 196 valence electrons. The lowest BCUT2D eigenvalue weighted by Crippen LogP contribution is -2.74. The van der Waals surface area contributed by atoms with Gasteiger partial charge in [0.2, 0.25) is 0 Å². The van der Waals surface area contributed by atoms with Crippen LogP contribution < -0.4 is 0 Å². The zero-order chi connectivity index (χ0) is 26.1. The molecule has 0 bridgehead atoms. The summed E-state index contributed by atoms with van der Waals surface area (Å²) in [6.45, 7) is 11.6. The fraction of sp³-hybridized carbons (Fsp3) is 0.750. The highest BCUT2D eigenvalue weighted by atomic mass is 16.7. The molecular formula is C28H36O8. The number of cyclic esters (lactones) is 1. The summed E-state index contributed by atoms with van der Waals surface area (Å²) in [7, 11) is 0. The standard InChI is InChI=1S/C28H36O8/c1-14(29)34-20-12-18(30)24(2,3)17-11-19(31)27(6)16(26(17,20)5)7-9-25(4)21(15-8-10-33-13-15)35-23(32)22-28(25,27)36-22/h8,10,13,16-18,20-22,30H,7,9,11-12H2,1-6H3/t16-,17+,18-,20+,21+,22-,25+,26-,27+,28-/m1/s1. The summed E-state index contributed by atoms with van der Waals surface area (Å²) in [6, 6.07) is 1.80. The Bertz CT molecular complexity index is 1140. The average molecular weight is 501 g/mol. The van der Waals surface area contributed by atoms with Crippen molar-refractivity contribution in [2.24, 2.45) is 33.5 Å². The predicted octanol–water partition coefficient (Wildman–Crippen LogP) is 3.76. The first-order valence-electron chi connectivity index (χ1n) is 13.0. The first kappa shape index (κ1) is 24.2. The van der Waals surface area contributed by atoms with Crippen LogP contribution in [0.1, 0.15) is 78.9 Å². The second-order valence-electron chi connectivity index (χ2n) is 13.0. The lowest BCUT2D eigenvalue weighted by atomic mass is 9.34. The molecule has 3 heterocycles. The van der Waals surface area contributed by atoms with Gasteiger partial charge in [-0.15, -0.1) is 0 Å². The molecule has 3 saturated carbocycles. The first-order valence-corrected chi connectivity index (χ1v) is 13.0. The van der Waals surface area contributed by atoms with E-state index in [2.05, 4.69) is 13.8 Å². The highest BCUT2D eigenvalue weighted by molar-refractivity contribution is 5.93. The van der Waals surface area contributed by atoms with Gasteiger partial charge >= 0.3 is 11.9 Å². The van der Waals surface area contributed by atoms with Crippen LogP contribution in [-0.4, -0.2) is 46.7 Å². The number of furan rings is 1. The van der Waals surface area contributed by atoms with Gasteiger partial charge in [0.05, 0.1) is 24.0 Å². The van der Waals surface area contributed by atoms with E-state index < -0.39 is 63.6 Å². The number of hydrogen-bond acceptors (Lipinski definition) is 8. The number of aliphatic hydroxyl groups excluding tert-OH is 1. The summed E-state index contributed by atoms with van der Waals surface area (Å²) in [5.41, 5.74) is -3.03. The molecule has 1 aromatic rings. The topological polar surface area (TPSA) is 116 Å². The maximum absolute atomic E-state index is 14.4. The van der Waals surface area contributed by atoms with E-state index in [1.807, 2.05) is 20.8 Å². The number of aliphatic hydroxyl groups is 1. The molecule has 5 fully saturated rings. The molecular weight excluding hydrogens is 464 g/mol. The van der Waals surface area contributed by atoms with Gasteiger partial charge in [-0.3, -0.25) is 9.59 Å². The Morgan fingerprint density at radius 3 is 2.47 bits per heavy atom. The van der Waals surface area contributed by atoms with E-state index in [0.29, 0.717) is 19.3 Å². The van der Waals surface area contributed by atoms with Crippen molar-refractivity contribution in [3.05, 3.63) is 24.2 Å². The van der Waals surface area contributed by atoms with Crippen molar-refractivity contribution in [3.8, 4) is 0 Å². The summed E-state index contributed by atoms with van der Waals surface area (Å²) in [5, 5.41) is 11.1. The zero-order valence-corrected chi connectivity index (χ0v) is 21.8. The lowest BCUT2D eigenvalue weighted by molar-refractivity contribution is -0.257. The third-order valence-electron chi connectivity index (χ3n) is 11.4. The minimum atomic E-state index is -1.02. The van der Waals surface area contributed by atoms with E-state index in [9.17, 15) is 19.5 Å². The third kappa shape index (κ3) is 2.50. The highest BCUT2D eigenvalue weighted by Crippen LogP contribution is 2.79. The number of ether oxygens (including phenoxy) is 3. The Labute approximate surface area is 211 Å². The highest BCUT2D eigenvalue weighted by Gasteiger charge is 2.88. The Morgan fingerprint density at radius 2 is 1.83 bits per heavy atom. The van der Waals surface area contributed by atoms with Gasteiger partial charge in [-0.1, -0.05) is 27.7 Å². The van der Waals surface area contributed by atoms with E-state index in [1.54, 1.807) is 18.6 Å². The molecule has 1 N–H and O–H groups in total. The first-order chi connectivity index (χ1) is 16.8. The van der Waals surface area contributed by atoms with Gasteiger partial charge in [-0.2, -0.15) is 0 Å². The number of carbonyl (C=O) groups excluding carboxylic acids is 3. The van der Waals surface area contributed by atoms with Crippen LogP contribution in [0.5, 0.6) is 0 Å². The number of hydrogen-bond donors (Lipinski definition) is 1. The number of carbonyl (C=O) groups is 3. The van der Waals surface area contributed by atoms with Crippen LogP contribution in [0.3, 0.4) is 0 Å². The second-order valence-corrected chi connectivity index (χ2v) is 13.0. The number of esters is 2. The van der Waals surface area contributed by atoms with E-state index in [0.717, 1.165) is 5.56 Å². The van der Waals surface area contributed by atoms with Gasteiger partial charge in [0.25, 0.3) is 0 Å². The molecule has 5 aliphatic rings. The van der Waals surface area contributed by atoms with Crippen molar-refractivity contribution in [2.45, 2.75) is 97.2 Å². The average Bonchev–Trinajstić information content (AvgIpc) is 3.37. The molecule has 0 unspecified atom stereocenters. The minimum absolute atomic E-state index is 0.0489. The summed E-state index contributed by atoms with van der Waals surface area (Å²) < 4.78 is 23.6. The number of epoxide rings is 1. The third-order valence-corrected chi connectivity index (χ3v) is 11.4. The van der Waals surface area contributed by atoms with Crippen LogP contribution in [0.2, 0.25) is 0 Å². The maximum atomic E-state index is 14.4. The Balaban J connectivity index is 1.52. The van der Waals surface area contributed by atoms with Crippen LogP contribution in [0.25, 0.3) is 0 Å². The molecule has 0 aromatic carbocycles. The molecule has 36 heavy (non-hydrogen) atoms. The van der Waals surface area contributed by atoms with Gasteiger partial charge in [-0.05, 0) is 43.1 Å². The van der Waals surface area contributed by atoms with Crippen LogP contribution >= 0.6 is 0 Å². The molecule has 0 amide bonds. The molecule has 2 aliphatic heterocycles. The summed E-state index contributed by atoms with van der Waals surface area (Å²) in [5.74, 6) is -1.20. The Kier molecular flexibility index (Phi) is 4.71. The monoisotopic (exact) mass is 500 g/mol. The normalized spacial score (nSPS) is 50.6. The van der Waals surface area contributed by atoms with E-state index >= 15 is 0 Å². The fourth-order valence-corrected chi connectivity index (χ4v) is 9.54. The van der Waals surface area contributed by atoms with Crippen LogP contribution in [0, 0.1) is 33.5 Å². The molecule has 10 atom stereocenters.